The molecule has 0 aliphatic heterocycles. The standard InChI is InChI=1S/C18H20N2O2/c1-11(9-19)10-20-18(21)16-12(2)14-8-7-13-5-3-4-6-15(13)17(14)22-16/h3-8,11H,9-10,19H2,1-2H3,(H,20,21). The van der Waals surface area contributed by atoms with Crippen LogP contribution in [0.5, 0.6) is 0 Å². The van der Waals surface area contributed by atoms with Crippen molar-refractivity contribution in [2.75, 3.05) is 13.1 Å². The molecule has 3 rings (SSSR count). The second kappa shape index (κ2) is 5.81. The highest BCUT2D eigenvalue weighted by atomic mass is 16.3. The number of benzene rings is 2. The number of amides is 1. The van der Waals surface area contributed by atoms with Crippen molar-refractivity contribution in [1.29, 1.82) is 0 Å². The summed E-state index contributed by atoms with van der Waals surface area (Å²) >= 11 is 0. The molecule has 0 saturated carbocycles. The van der Waals surface area contributed by atoms with E-state index in [1.54, 1.807) is 0 Å². The van der Waals surface area contributed by atoms with E-state index >= 15 is 0 Å². The van der Waals surface area contributed by atoms with Gasteiger partial charge in [-0.3, -0.25) is 4.79 Å². The molecule has 1 atom stereocenters. The fourth-order valence-corrected chi connectivity index (χ4v) is 2.60. The van der Waals surface area contributed by atoms with Gasteiger partial charge in [-0.05, 0) is 24.8 Å². The van der Waals surface area contributed by atoms with Crippen molar-refractivity contribution in [3.05, 3.63) is 47.7 Å². The van der Waals surface area contributed by atoms with Gasteiger partial charge in [0.2, 0.25) is 0 Å². The number of hydrogen-bond donors (Lipinski definition) is 2. The average molecular weight is 296 g/mol. The highest BCUT2D eigenvalue weighted by Gasteiger charge is 2.19. The quantitative estimate of drug-likeness (QED) is 0.776. The van der Waals surface area contributed by atoms with Crippen molar-refractivity contribution >= 4 is 27.6 Å². The lowest BCUT2D eigenvalue weighted by atomic mass is 10.1. The zero-order valence-electron chi connectivity index (χ0n) is 12.8. The number of fused-ring (bicyclic) bond motifs is 3. The number of aryl methyl sites for hydroxylation is 1. The number of rotatable bonds is 4. The third-order valence-electron chi connectivity index (χ3n) is 4.05. The predicted octanol–water partition coefficient (Wildman–Crippen LogP) is 3.22. The summed E-state index contributed by atoms with van der Waals surface area (Å²) in [6.45, 7) is 5.01. The molecule has 0 aliphatic carbocycles. The van der Waals surface area contributed by atoms with E-state index in [-0.39, 0.29) is 11.8 Å². The van der Waals surface area contributed by atoms with Gasteiger partial charge in [0.05, 0.1) is 0 Å². The van der Waals surface area contributed by atoms with E-state index in [0.717, 1.165) is 27.3 Å². The van der Waals surface area contributed by atoms with Crippen LogP contribution in [0.1, 0.15) is 23.0 Å². The molecule has 1 heterocycles. The first-order valence-electron chi connectivity index (χ1n) is 7.51. The summed E-state index contributed by atoms with van der Waals surface area (Å²) < 4.78 is 5.90. The molecule has 4 nitrogen and oxygen atoms in total. The molecule has 1 unspecified atom stereocenters. The van der Waals surface area contributed by atoms with Crippen LogP contribution >= 0.6 is 0 Å². The van der Waals surface area contributed by atoms with Crippen LogP contribution in [0.3, 0.4) is 0 Å². The number of furan rings is 1. The summed E-state index contributed by atoms with van der Waals surface area (Å²) in [5.74, 6) is 0.447. The zero-order chi connectivity index (χ0) is 15.7. The largest absolute Gasteiger partial charge is 0.450 e. The summed E-state index contributed by atoms with van der Waals surface area (Å²) in [6.07, 6.45) is 0. The van der Waals surface area contributed by atoms with E-state index in [2.05, 4.69) is 11.4 Å². The van der Waals surface area contributed by atoms with Gasteiger partial charge in [-0.15, -0.1) is 0 Å². The van der Waals surface area contributed by atoms with Crippen molar-refractivity contribution in [2.24, 2.45) is 11.7 Å². The minimum atomic E-state index is -0.182. The van der Waals surface area contributed by atoms with Gasteiger partial charge >= 0.3 is 0 Å². The van der Waals surface area contributed by atoms with Crippen LogP contribution in [0.2, 0.25) is 0 Å². The maximum atomic E-state index is 12.3. The first-order valence-corrected chi connectivity index (χ1v) is 7.51. The van der Waals surface area contributed by atoms with Gasteiger partial charge in [0, 0.05) is 22.9 Å². The maximum absolute atomic E-state index is 12.3. The van der Waals surface area contributed by atoms with Crippen LogP contribution in [-0.4, -0.2) is 19.0 Å². The Balaban J connectivity index is 2.02. The zero-order valence-corrected chi connectivity index (χ0v) is 12.8. The molecule has 0 saturated heterocycles. The minimum Gasteiger partial charge on any atom is -0.450 e. The van der Waals surface area contributed by atoms with Crippen LogP contribution in [0.4, 0.5) is 0 Å². The molecule has 0 bridgehead atoms. The molecule has 0 aliphatic rings. The highest BCUT2D eigenvalue weighted by Crippen LogP contribution is 2.31. The van der Waals surface area contributed by atoms with Gasteiger partial charge in [0.15, 0.2) is 5.76 Å². The molecule has 3 aromatic rings. The fourth-order valence-electron chi connectivity index (χ4n) is 2.60. The van der Waals surface area contributed by atoms with Gasteiger partial charge in [0.25, 0.3) is 5.91 Å². The summed E-state index contributed by atoms with van der Waals surface area (Å²) in [6, 6.07) is 12.1. The third kappa shape index (κ3) is 2.46. The first-order chi connectivity index (χ1) is 10.6. The third-order valence-corrected chi connectivity index (χ3v) is 4.05. The molecule has 0 spiro atoms. The number of hydrogen-bond acceptors (Lipinski definition) is 3. The molecule has 4 heteroatoms. The van der Waals surface area contributed by atoms with Crippen molar-refractivity contribution in [1.82, 2.24) is 5.32 Å². The van der Waals surface area contributed by atoms with Crippen LogP contribution in [0.15, 0.2) is 40.8 Å². The molecule has 1 aromatic heterocycles. The Morgan fingerprint density at radius 2 is 2.00 bits per heavy atom. The number of carbonyl (C=O) groups is 1. The first kappa shape index (κ1) is 14.6. The predicted molar refractivity (Wildman–Crippen MR) is 89.0 cm³/mol. The lowest BCUT2D eigenvalue weighted by Crippen LogP contribution is -2.31. The van der Waals surface area contributed by atoms with Gasteiger partial charge in [-0.2, -0.15) is 0 Å². The molecule has 0 radical (unpaired) electrons. The summed E-state index contributed by atoms with van der Waals surface area (Å²) in [5.41, 5.74) is 7.22. The summed E-state index contributed by atoms with van der Waals surface area (Å²) in [4.78, 5) is 12.3. The molecule has 2 aromatic carbocycles. The van der Waals surface area contributed by atoms with Gasteiger partial charge in [-0.1, -0.05) is 43.3 Å². The molecule has 22 heavy (non-hydrogen) atoms. The highest BCUT2D eigenvalue weighted by molar-refractivity contribution is 6.08. The maximum Gasteiger partial charge on any atom is 0.287 e. The van der Waals surface area contributed by atoms with Crippen LogP contribution < -0.4 is 11.1 Å². The van der Waals surface area contributed by atoms with Crippen molar-refractivity contribution in [2.45, 2.75) is 13.8 Å². The van der Waals surface area contributed by atoms with Crippen molar-refractivity contribution in [3.8, 4) is 0 Å². The second-order valence-corrected chi connectivity index (χ2v) is 5.77. The summed E-state index contributed by atoms with van der Waals surface area (Å²) in [5, 5.41) is 6.00. The smallest absolute Gasteiger partial charge is 0.287 e. The Labute approximate surface area is 129 Å². The van der Waals surface area contributed by atoms with Crippen LogP contribution in [0.25, 0.3) is 21.7 Å². The second-order valence-electron chi connectivity index (χ2n) is 5.77. The topological polar surface area (TPSA) is 68.3 Å². The number of nitrogens with one attached hydrogen (secondary N) is 1. The van der Waals surface area contributed by atoms with Crippen LogP contribution in [-0.2, 0) is 0 Å². The lowest BCUT2D eigenvalue weighted by Gasteiger charge is -2.08. The molecule has 1 amide bonds. The molecule has 3 N–H and O–H groups in total. The summed E-state index contributed by atoms with van der Waals surface area (Å²) in [7, 11) is 0. The van der Waals surface area contributed by atoms with E-state index in [4.69, 9.17) is 10.2 Å². The van der Waals surface area contributed by atoms with E-state index in [9.17, 15) is 4.79 Å². The Morgan fingerprint density at radius 3 is 2.77 bits per heavy atom. The Bertz CT molecular complexity index is 836. The fraction of sp³-hybridized carbons (Fsp3) is 0.278. The lowest BCUT2D eigenvalue weighted by molar-refractivity contribution is 0.0922. The van der Waals surface area contributed by atoms with E-state index in [0.29, 0.717) is 18.8 Å². The Kier molecular flexibility index (Phi) is 3.86. The van der Waals surface area contributed by atoms with E-state index in [1.165, 1.54) is 0 Å². The SMILES string of the molecule is Cc1c(C(=O)NCC(C)CN)oc2c1ccc1ccccc12. The molecule has 114 valence electrons. The van der Waals surface area contributed by atoms with Crippen molar-refractivity contribution < 1.29 is 9.21 Å². The van der Waals surface area contributed by atoms with E-state index in [1.807, 2.05) is 44.2 Å². The Morgan fingerprint density at radius 1 is 1.23 bits per heavy atom. The minimum absolute atomic E-state index is 0.182. The number of nitrogens with two attached hydrogens (primary N) is 1. The molecule has 0 fully saturated rings. The Hall–Kier alpha value is -2.33. The van der Waals surface area contributed by atoms with Crippen molar-refractivity contribution in [3.63, 3.8) is 0 Å². The average Bonchev–Trinajstić information content (AvgIpc) is 2.89. The van der Waals surface area contributed by atoms with Crippen LogP contribution in [0, 0.1) is 12.8 Å². The van der Waals surface area contributed by atoms with Gasteiger partial charge in [-0.25, -0.2) is 0 Å². The van der Waals surface area contributed by atoms with Gasteiger partial charge in [0.1, 0.15) is 5.58 Å². The molecular weight excluding hydrogens is 276 g/mol. The van der Waals surface area contributed by atoms with E-state index < -0.39 is 0 Å². The van der Waals surface area contributed by atoms with Gasteiger partial charge < -0.3 is 15.5 Å². The monoisotopic (exact) mass is 296 g/mol. The molecular formula is C18H20N2O2. The normalized spacial score (nSPS) is 12.7. The number of carbonyl (C=O) groups excluding carboxylic acids is 1.